The monoisotopic (exact) mass is 428 g/mol. The lowest BCUT2D eigenvalue weighted by Crippen LogP contribution is -2.29. The fraction of sp³-hybridized carbons (Fsp3) is 0.545. The molecule has 0 radical (unpaired) electrons. The Balaban J connectivity index is -0.000000144. The van der Waals surface area contributed by atoms with E-state index in [0.29, 0.717) is 12.8 Å². The molecular weight excluding hydrogens is 384 g/mol. The normalized spacial score (nSPS) is 9.43. The van der Waals surface area contributed by atoms with E-state index in [1.807, 2.05) is 12.2 Å². The summed E-state index contributed by atoms with van der Waals surface area (Å²) in [6, 6.07) is 1.24. The summed E-state index contributed by atoms with van der Waals surface area (Å²) in [6.45, 7) is 31.4. The number of rotatable bonds is 8. The largest absolute Gasteiger partial charge is 0.466 e. The van der Waals surface area contributed by atoms with Gasteiger partial charge in [-0.15, -0.1) is 13.2 Å². The molecule has 0 spiro atoms. The highest BCUT2D eigenvalue weighted by Gasteiger charge is 2.14. The lowest BCUT2D eigenvalue weighted by molar-refractivity contribution is -0.137. The van der Waals surface area contributed by atoms with Crippen molar-refractivity contribution in [3.05, 3.63) is 50.6 Å². The lowest BCUT2D eigenvalue weighted by atomic mass is 10.5. The van der Waals surface area contributed by atoms with E-state index in [4.69, 9.17) is 4.74 Å². The maximum Gasteiger partial charge on any atom is 0.330 e. The molecule has 0 aliphatic rings. The third-order valence-corrected chi connectivity index (χ3v) is 4.84. The number of ether oxygens (including phenoxy) is 2. The number of carbonyl (C=O) groups excluding carboxylic acids is 2. The molecule has 0 aromatic rings. The molecule has 0 rings (SSSR count). The Labute approximate surface area is 176 Å². The molecule has 0 fully saturated rings. The predicted octanol–water partition coefficient (Wildman–Crippen LogP) is 6.42. The van der Waals surface area contributed by atoms with Gasteiger partial charge < -0.3 is 9.47 Å². The van der Waals surface area contributed by atoms with E-state index >= 15 is 0 Å². The second kappa shape index (κ2) is 21.6. The molecule has 0 aromatic carbocycles. The van der Waals surface area contributed by atoms with E-state index in [1.54, 1.807) is 6.92 Å². The number of carbonyl (C=O) groups is 2. The van der Waals surface area contributed by atoms with E-state index in [2.05, 4.69) is 77.3 Å². The van der Waals surface area contributed by atoms with E-state index in [1.165, 1.54) is 12.1 Å². The third kappa shape index (κ3) is 49.7. The van der Waals surface area contributed by atoms with Crippen molar-refractivity contribution >= 4 is 28.1 Å². The van der Waals surface area contributed by atoms with Gasteiger partial charge in [0.15, 0.2) is 0 Å². The van der Waals surface area contributed by atoms with E-state index < -0.39 is 16.1 Å². The summed E-state index contributed by atoms with van der Waals surface area (Å²) in [6.07, 6.45) is 7.90. The molecule has 0 aliphatic heterocycles. The molecule has 0 aliphatic carbocycles. The summed E-state index contributed by atoms with van der Waals surface area (Å²) in [4.78, 5) is 20.6. The predicted molar refractivity (Wildman–Crippen MR) is 130 cm³/mol. The number of esters is 2. The minimum absolute atomic E-state index is 0.317. The summed E-state index contributed by atoms with van der Waals surface area (Å²) >= 11 is 0. The first-order valence-electron chi connectivity index (χ1n) is 9.54. The summed E-state index contributed by atoms with van der Waals surface area (Å²) in [5.41, 5.74) is 0. The molecule has 0 bridgehead atoms. The van der Waals surface area contributed by atoms with Gasteiger partial charge in [0.1, 0.15) is 0 Å². The summed E-state index contributed by atoms with van der Waals surface area (Å²) in [7, 11) is -2.00. The van der Waals surface area contributed by atoms with Crippen molar-refractivity contribution in [1.82, 2.24) is 0 Å². The van der Waals surface area contributed by atoms with Gasteiger partial charge in [0, 0.05) is 20.2 Å². The van der Waals surface area contributed by atoms with Crippen LogP contribution in [0.4, 0.5) is 0 Å². The molecule has 0 aromatic heterocycles. The first-order chi connectivity index (χ1) is 12.7. The molecule has 0 unspecified atom stereocenters. The number of hydrogen-bond donors (Lipinski definition) is 0. The minimum atomic E-state index is -1.23. The Morgan fingerprint density at radius 2 is 1.14 bits per heavy atom. The van der Waals surface area contributed by atoms with Gasteiger partial charge in [-0.3, -0.25) is 0 Å². The van der Waals surface area contributed by atoms with Crippen LogP contribution in [0, 0.1) is 0 Å². The van der Waals surface area contributed by atoms with E-state index in [9.17, 15) is 9.59 Å². The maximum atomic E-state index is 10.5. The quantitative estimate of drug-likeness (QED) is 0.194. The third-order valence-electron chi connectivity index (χ3n) is 2.31. The van der Waals surface area contributed by atoms with Gasteiger partial charge in [-0.1, -0.05) is 71.5 Å². The first kappa shape index (κ1) is 33.9. The second-order valence-electron chi connectivity index (χ2n) is 8.08. The molecule has 164 valence electrons. The van der Waals surface area contributed by atoms with Crippen LogP contribution in [0.1, 0.15) is 20.3 Å². The van der Waals surface area contributed by atoms with Gasteiger partial charge >= 0.3 is 11.9 Å². The molecule has 6 heteroatoms. The maximum absolute atomic E-state index is 10.5. The van der Waals surface area contributed by atoms with Crippen LogP contribution in [0.25, 0.3) is 0 Å². The summed E-state index contributed by atoms with van der Waals surface area (Å²) in [5, 5.41) is 0. The van der Waals surface area contributed by atoms with Gasteiger partial charge in [-0.25, -0.2) is 9.59 Å². The fourth-order valence-electron chi connectivity index (χ4n) is 0.981. The molecule has 0 atom stereocenters. The highest BCUT2D eigenvalue weighted by atomic mass is 28.3. The number of allylic oxidation sites excluding steroid dienone is 2. The second-order valence-corrected chi connectivity index (χ2v) is 19.0. The Hall–Kier alpha value is -1.67. The molecule has 0 saturated heterocycles. The van der Waals surface area contributed by atoms with Crippen LogP contribution < -0.4 is 0 Å². The van der Waals surface area contributed by atoms with Crippen molar-refractivity contribution in [1.29, 1.82) is 0 Å². The summed E-state index contributed by atoms with van der Waals surface area (Å²) in [5.74, 6) is -0.676. The van der Waals surface area contributed by atoms with Crippen LogP contribution in [-0.4, -0.2) is 40.9 Å². The van der Waals surface area contributed by atoms with Crippen LogP contribution in [0.3, 0.4) is 0 Å². The average molecular weight is 429 g/mol. The standard InChI is InChI=1S/C7H14O2Si.C6H14Si.C5H8O2.C4H8/c1-5-7(8)9-6-10(2,3)4;1-5-6-7(2,3)4;1-3-5(6)7-4-2;1-3-4-2/h5H,1,6H2,2-4H3;5H,1,6H2,2-4H3;3H,1,4H2,2H3;3H,1,4H2,2H3. The Kier molecular flexibility index (Phi) is 26.2. The highest BCUT2D eigenvalue weighted by molar-refractivity contribution is 6.76. The van der Waals surface area contributed by atoms with Crippen molar-refractivity contribution in [3.63, 3.8) is 0 Å². The smallest absolute Gasteiger partial charge is 0.330 e. The average Bonchev–Trinajstić information content (AvgIpc) is 2.59. The van der Waals surface area contributed by atoms with Crippen LogP contribution in [-0.2, 0) is 19.1 Å². The molecular formula is C22H44O4Si2. The fourth-order valence-corrected chi connectivity index (χ4v) is 2.42. The zero-order valence-electron chi connectivity index (χ0n) is 19.6. The van der Waals surface area contributed by atoms with Crippen molar-refractivity contribution < 1.29 is 19.1 Å². The Bertz CT molecular complexity index is 444. The van der Waals surface area contributed by atoms with Crippen LogP contribution in [0.5, 0.6) is 0 Å². The van der Waals surface area contributed by atoms with Gasteiger partial charge in [0.05, 0.1) is 20.9 Å². The lowest BCUT2D eigenvalue weighted by Gasteiger charge is -2.14. The molecule has 0 saturated carbocycles. The van der Waals surface area contributed by atoms with E-state index in [-0.39, 0.29) is 11.9 Å². The van der Waals surface area contributed by atoms with Gasteiger partial charge in [-0.05, 0) is 19.4 Å². The van der Waals surface area contributed by atoms with Gasteiger partial charge in [0.2, 0.25) is 0 Å². The molecule has 28 heavy (non-hydrogen) atoms. The first-order valence-corrected chi connectivity index (χ1v) is 17.0. The van der Waals surface area contributed by atoms with Crippen molar-refractivity contribution in [2.75, 3.05) is 12.8 Å². The Morgan fingerprint density at radius 1 is 0.750 bits per heavy atom. The molecule has 0 N–H and O–H groups in total. The van der Waals surface area contributed by atoms with Crippen LogP contribution in [0.15, 0.2) is 50.6 Å². The zero-order chi connectivity index (χ0) is 23.2. The topological polar surface area (TPSA) is 52.6 Å². The SMILES string of the molecule is C=CC(=O)OCC.C=CC(=O)OC[Si](C)(C)C.C=CCC.C=CC[Si](C)(C)C. The summed E-state index contributed by atoms with van der Waals surface area (Å²) < 4.78 is 9.29. The van der Waals surface area contributed by atoms with E-state index in [0.717, 1.165) is 12.5 Å². The zero-order valence-corrected chi connectivity index (χ0v) is 21.6. The van der Waals surface area contributed by atoms with Crippen molar-refractivity contribution in [3.8, 4) is 0 Å². The molecule has 0 heterocycles. The Morgan fingerprint density at radius 3 is 1.29 bits per heavy atom. The van der Waals surface area contributed by atoms with Crippen LogP contribution in [0.2, 0.25) is 45.3 Å². The van der Waals surface area contributed by atoms with Crippen molar-refractivity contribution in [2.45, 2.75) is 65.6 Å². The van der Waals surface area contributed by atoms with Crippen LogP contribution >= 0.6 is 0 Å². The van der Waals surface area contributed by atoms with Gasteiger partial charge in [-0.2, -0.15) is 0 Å². The number of hydrogen-bond acceptors (Lipinski definition) is 4. The molecule has 0 amide bonds. The molecule has 4 nitrogen and oxygen atoms in total. The van der Waals surface area contributed by atoms with Gasteiger partial charge in [0.25, 0.3) is 0 Å². The van der Waals surface area contributed by atoms with Crippen molar-refractivity contribution in [2.24, 2.45) is 0 Å². The highest BCUT2D eigenvalue weighted by Crippen LogP contribution is 2.06. The minimum Gasteiger partial charge on any atom is -0.466 e.